The molecule has 3 fully saturated rings. The van der Waals surface area contributed by atoms with Gasteiger partial charge in [-0.2, -0.15) is 0 Å². The molecule has 3 heterocycles. The number of anilines is 3. The van der Waals surface area contributed by atoms with Crippen LogP contribution in [0.1, 0.15) is 101 Å². The largest absolute Gasteiger partial charge is 0.494 e. The minimum atomic E-state index is -0.394. The van der Waals surface area contributed by atoms with Gasteiger partial charge in [0.2, 0.25) is 0 Å². The van der Waals surface area contributed by atoms with Crippen LogP contribution in [-0.2, 0) is 39.4 Å². The Hall–Kier alpha value is -1.46. The quantitative estimate of drug-likeness (QED) is 0.0589. The van der Waals surface area contributed by atoms with Gasteiger partial charge in [0.1, 0.15) is 0 Å². The van der Waals surface area contributed by atoms with E-state index in [2.05, 4.69) is 204 Å². The fourth-order valence-electron chi connectivity index (χ4n) is 7.16. The van der Waals surface area contributed by atoms with Crippen LogP contribution in [0.4, 0.5) is 17.1 Å². The summed E-state index contributed by atoms with van der Waals surface area (Å²) in [5, 5.41) is 0. The van der Waals surface area contributed by atoms with Crippen molar-refractivity contribution in [1.82, 2.24) is 0 Å². The van der Waals surface area contributed by atoms with Gasteiger partial charge in [-0.1, -0.05) is 88.0 Å². The van der Waals surface area contributed by atoms with Gasteiger partial charge in [-0.25, -0.2) is 1.37 Å². The van der Waals surface area contributed by atoms with E-state index in [9.17, 15) is 0 Å². The van der Waals surface area contributed by atoms with Crippen LogP contribution in [0.2, 0.25) is 0 Å². The summed E-state index contributed by atoms with van der Waals surface area (Å²) in [5.41, 5.74) is 5.17. The molecule has 340 valence electrons. The number of nitrogens with zero attached hydrogens (tertiary/aromatic N) is 1. The molecule has 0 saturated carbocycles. The van der Waals surface area contributed by atoms with Crippen LogP contribution in [0, 0.1) is 43.9 Å². The molecule has 0 spiro atoms. The van der Waals surface area contributed by atoms with Crippen molar-refractivity contribution in [1.29, 1.82) is 0 Å². The van der Waals surface area contributed by atoms with Gasteiger partial charge in [0.15, 0.2) is 0 Å². The third-order valence-electron chi connectivity index (χ3n) is 12.9. The van der Waals surface area contributed by atoms with Gasteiger partial charge in [0.05, 0.1) is 48.8 Å². The summed E-state index contributed by atoms with van der Waals surface area (Å²) in [7, 11) is 1.71. The number of hydrogen-bond donors (Lipinski definition) is 0. The molecule has 0 atom stereocenters. The van der Waals surface area contributed by atoms with Crippen LogP contribution in [0.5, 0.6) is 0 Å². The van der Waals surface area contributed by atoms with E-state index >= 15 is 0 Å². The molecule has 0 bridgehead atoms. The summed E-state index contributed by atoms with van der Waals surface area (Å²) in [4.78, 5) is 2.23. The van der Waals surface area contributed by atoms with E-state index in [0.717, 1.165) is 89.2 Å². The van der Waals surface area contributed by atoms with Crippen LogP contribution in [0.15, 0.2) is 106 Å². The third kappa shape index (κ3) is 14.0. The Morgan fingerprint density at radius 1 is 0.571 bits per heavy atom. The molecule has 7 rings (SSSR count). The summed E-state index contributed by atoms with van der Waals surface area (Å²) in [6.07, 6.45) is 5.86. The van der Waals surface area contributed by atoms with Crippen molar-refractivity contribution >= 4 is 74.1 Å². The van der Waals surface area contributed by atoms with Gasteiger partial charge < -0.3 is 45.1 Å². The van der Waals surface area contributed by atoms with Gasteiger partial charge in [0.25, 0.3) is 0 Å². The normalized spacial score (nSPS) is 18.8. The van der Waals surface area contributed by atoms with Crippen molar-refractivity contribution in [2.24, 2.45) is 5.41 Å². The molecule has 8 nitrogen and oxygen atoms in total. The maximum Gasteiger partial charge on any atom is 0.494 e. The molecular formula is C50H68B2Br2NO7U-. The Labute approximate surface area is 421 Å². The van der Waals surface area contributed by atoms with Crippen LogP contribution in [-0.4, -0.2) is 69.7 Å². The Bertz CT molecular complexity index is 1870. The fraction of sp³-hybridized carbons (Fsp3) is 0.500. The van der Waals surface area contributed by atoms with Gasteiger partial charge in [-0.05, 0) is 152 Å². The molecule has 3 aliphatic rings. The fourth-order valence-corrected chi connectivity index (χ4v) is 7.69. The Morgan fingerprint density at radius 3 is 1.30 bits per heavy atom. The summed E-state index contributed by atoms with van der Waals surface area (Å²) in [5.74, 6) is 0. The molecule has 3 aliphatic heterocycles. The van der Waals surface area contributed by atoms with E-state index in [1.165, 1.54) is 18.4 Å². The van der Waals surface area contributed by atoms with Crippen LogP contribution in [0.25, 0.3) is 0 Å². The molecule has 4 aromatic carbocycles. The van der Waals surface area contributed by atoms with E-state index in [1.807, 2.05) is 0 Å². The molecule has 4 aromatic rings. The van der Waals surface area contributed by atoms with Crippen molar-refractivity contribution in [3.63, 3.8) is 0 Å². The number of rotatable bonds is 17. The smallest absolute Gasteiger partial charge is 0.399 e. The van der Waals surface area contributed by atoms with Crippen molar-refractivity contribution in [3.05, 3.63) is 119 Å². The first-order valence-corrected chi connectivity index (χ1v) is 23.5. The minimum Gasteiger partial charge on any atom is -0.399 e. The number of hydrogen-bond acceptors (Lipinski definition) is 8. The monoisotopic (exact) mass is 1210 g/mol. The molecule has 13 heteroatoms. The van der Waals surface area contributed by atoms with Gasteiger partial charge in [-0.3, -0.25) is 0 Å². The summed E-state index contributed by atoms with van der Waals surface area (Å²) >= 11 is 7.00. The van der Waals surface area contributed by atoms with E-state index < -0.39 is 14.2 Å². The van der Waals surface area contributed by atoms with Gasteiger partial charge >= 0.3 is 14.2 Å². The molecule has 0 radical (unpaired) electrons. The predicted octanol–water partition coefficient (Wildman–Crippen LogP) is 11.9. The first-order chi connectivity index (χ1) is 29.9. The first kappa shape index (κ1) is 52.5. The Morgan fingerprint density at radius 2 is 0.937 bits per heavy atom. The summed E-state index contributed by atoms with van der Waals surface area (Å²) < 4.78 is 49.5. The van der Waals surface area contributed by atoms with Gasteiger partial charge in [0, 0.05) is 75.7 Å². The number of ether oxygens (including phenoxy) is 3. The van der Waals surface area contributed by atoms with E-state index in [4.69, 9.17) is 34.2 Å². The zero-order valence-electron chi connectivity index (χ0n) is 39.9. The van der Waals surface area contributed by atoms with E-state index in [-0.39, 0.29) is 53.5 Å². The average molecular weight is 1220 g/mol. The maximum absolute atomic E-state index is 6.26. The van der Waals surface area contributed by atoms with Crippen LogP contribution >= 0.6 is 31.9 Å². The molecule has 0 unspecified atom stereocenters. The Kier molecular flexibility index (Phi) is 19.6. The predicted molar refractivity (Wildman–Crippen MR) is 263 cm³/mol. The van der Waals surface area contributed by atoms with Gasteiger partial charge in [-0.15, -0.1) is 0 Å². The van der Waals surface area contributed by atoms with Crippen LogP contribution < -0.4 is 15.8 Å². The maximum atomic E-state index is 6.26. The number of halogens is 2. The molecule has 0 aliphatic carbocycles. The second-order valence-electron chi connectivity index (χ2n) is 18.7. The topological polar surface area (TPSA) is 67.9 Å². The second-order valence-corrected chi connectivity index (χ2v) is 20.5. The van der Waals surface area contributed by atoms with Crippen molar-refractivity contribution in [3.8, 4) is 0 Å². The van der Waals surface area contributed by atoms with Crippen molar-refractivity contribution in [2.45, 2.75) is 123 Å². The minimum absolute atomic E-state index is 0. The molecule has 0 amide bonds. The first-order valence-electron chi connectivity index (χ1n) is 22.6. The zero-order chi connectivity index (χ0) is 45.9. The van der Waals surface area contributed by atoms with E-state index in [1.54, 1.807) is 0 Å². The van der Waals surface area contributed by atoms with Crippen LogP contribution in [0.3, 0.4) is 0 Å². The average Bonchev–Trinajstić information content (AvgIpc) is 3.61. The van der Waals surface area contributed by atoms with Crippen molar-refractivity contribution < 1.29 is 65.3 Å². The third-order valence-corrected chi connectivity index (χ3v) is 14.0. The zero-order valence-corrected chi connectivity index (χ0v) is 46.3. The molecule has 63 heavy (non-hydrogen) atoms. The van der Waals surface area contributed by atoms with E-state index in [0.29, 0.717) is 12.0 Å². The molecule has 3 saturated heterocycles. The second kappa shape index (κ2) is 23.5. The molecule has 0 N–H and O–H groups in total. The number of benzene rings is 4. The van der Waals surface area contributed by atoms with Crippen molar-refractivity contribution in [2.75, 3.05) is 37.9 Å². The summed E-state index contributed by atoms with van der Waals surface area (Å²) in [6.45, 7) is 23.8. The number of unbranched alkanes of at least 4 members (excludes halogenated alkanes) is 3. The SMILES string of the molecule is CC1(C)OB(c2ccc(N(c3ccc(Br)cc3)c3ccc(B4OC(C)(C)C(C)(C)O4)cc3)cc2)OC1(C)C.CCC1(COCCCCCCOCc2ccc(Br)cc2)COC1.[3H][CH2-].[U]. The molecular weight excluding hydrogens is 1150 g/mol. The standard InChI is InChI=1S/C30H36B2BrNO4.C19H29BrO3.CH3.U/c1-27(2)28(3,4)36-31(35-27)21-9-15-24(16-10-21)34(26-19-13-23(33)14-20-26)25-17-11-22(12-18-25)32-37-29(5,6)30(7,8)38-32;1-2-19(15-23-16-19)14-22-12-6-4-3-5-11-21-13-17-7-9-18(20)10-8-17;;/h9-20H,1-8H3;7-10H,2-6,11-16H2,1H3;1H3;/q;;-1;/i;;1T;. The Balaban J connectivity index is 0.000000297. The molecule has 0 aromatic heterocycles. The summed E-state index contributed by atoms with van der Waals surface area (Å²) in [6, 6.07) is 33.4.